The van der Waals surface area contributed by atoms with E-state index in [1.807, 2.05) is 93.8 Å². The first-order valence-corrected chi connectivity index (χ1v) is 23.9. The zero-order valence-electron chi connectivity index (χ0n) is 43.5. The van der Waals surface area contributed by atoms with Crippen LogP contribution in [0.25, 0.3) is 67.2 Å². The van der Waals surface area contributed by atoms with Crippen LogP contribution < -0.4 is 0 Å². The highest BCUT2D eigenvalue weighted by atomic mass is 14.7. The molecule has 0 fully saturated rings. The summed E-state index contributed by atoms with van der Waals surface area (Å²) in [7, 11) is 0. The minimum atomic E-state index is -1.64. The van der Waals surface area contributed by atoms with Crippen LogP contribution in [0.15, 0.2) is 188 Å². The molecule has 342 valence electrons. The number of aromatic nitrogens is 3. The fraction of sp³-hybridized carbons (Fsp3) is 0.185. The van der Waals surface area contributed by atoms with Crippen molar-refractivity contribution in [2.45, 2.75) is 72.6 Å². The Bertz CT molecular complexity index is 3370. The largest absolute Gasteiger partial charge is 0.256 e. The molecule has 0 bridgehead atoms. The van der Waals surface area contributed by atoms with Crippen LogP contribution in [-0.2, 0) is 32.1 Å². The number of hydrogen-bond acceptors (Lipinski definition) is 5. The number of aryl methyl sites for hydroxylation is 4. The summed E-state index contributed by atoms with van der Waals surface area (Å²) in [5.74, 6) is -1.20. The van der Waals surface area contributed by atoms with Crippen LogP contribution in [0.2, 0.25) is 0 Å². The Morgan fingerprint density at radius 1 is 0.443 bits per heavy atom. The van der Waals surface area contributed by atoms with Crippen LogP contribution in [-0.4, -0.2) is 15.0 Å². The molecule has 0 aliphatic rings. The van der Waals surface area contributed by atoms with E-state index in [2.05, 4.69) is 113 Å². The van der Waals surface area contributed by atoms with Crippen molar-refractivity contribution in [1.29, 1.82) is 10.5 Å². The van der Waals surface area contributed by atoms with Gasteiger partial charge in [-0.15, -0.1) is 0 Å². The minimum Gasteiger partial charge on any atom is -0.256 e. The van der Waals surface area contributed by atoms with Crippen molar-refractivity contribution in [1.82, 2.24) is 15.0 Å². The van der Waals surface area contributed by atoms with Crippen molar-refractivity contribution in [2.75, 3.05) is 0 Å². The molecule has 3 aromatic heterocycles. The van der Waals surface area contributed by atoms with Gasteiger partial charge in [0.15, 0.2) is 0 Å². The molecule has 0 saturated carbocycles. The van der Waals surface area contributed by atoms with Crippen LogP contribution in [0.1, 0.15) is 89.1 Å². The summed E-state index contributed by atoms with van der Waals surface area (Å²) in [6, 6.07) is 62.6. The van der Waals surface area contributed by atoms with Crippen LogP contribution >= 0.6 is 0 Å². The van der Waals surface area contributed by atoms with E-state index in [0.717, 1.165) is 81.6 Å². The van der Waals surface area contributed by atoms with Gasteiger partial charge in [-0.25, -0.2) is 0 Å². The fourth-order valence-electron chi connectivity index (χ4n) is 9.29. The molecule has 0 unspecified atom stereocenters. The normalized spacial score (nSPS) is 12.3. The first-order chi connectivity index (χ1) is 35.1. The van der Waals surface area contributed by atoms with Gasteiger partial charge in [-0.2, -0.15) is 10.5 Å². The van der Waals surface area contributed by atoms with E-state index in [1.165, 1.54) is 22.3 Å². The van der Waals surface area contributed by atoms with E-state index in [-0.39, 0.29) is 11.1 Å². The third-order valence-corrected chi connectivity index (χ3v) is 12.6. The second kappa shape index (κ2) is 20.9. The summed E-state index contributed by atoms with van der Waals surface area (Å²) in [5, 5.41) is 21.1. The SMILES string of the molecule is [2H]C(C)(C)c1c(C#N)cc(-c2cc(-c3cc(C([2H])([2H])C(C)(C)C)ccn3)ccc2-c2ccccc2-c2cc(CCc3ccc(-c4ccccn4)cc3)cc(CCc3ccc(-c4ccccn4)cc3)c2)cc1C#N. The lowest BCUT2D eigenvalue weighted by Crippen LogP contribution is -2.09. The number of benzene rings is 6. The summed E-state index contributed by atoms with van der Waals surface area (Å²) in [5.41, 5.74) is 16.6. The Morgan fingerprint density at radius 3 is 1.44 bits per heavy atom. The standard InChI is InChI=1S/C65H57N5/c1-44(2)64-55(42-66)38-54(39-56(64)43-67)60-40-52(63-37-49(30-33-70-63)41-65(3,4)5)28-29-59(60)58-13-7-6-12-57(58)53-35-47(18-16-45-20-24-50(25-21-45)61-14-8-10-31-68-61)34-48(36-53)19-17-46-22-26-51(27-23-46)62-15-9-11-32-69-62/h6-15,20-40,44H,16-19,41H2,1-5H3/i41D2,44D. The van der Waals surface area contributed by atoms with Gasteiger partial charge in [0.2, 0.25) is 0 Å². The molecular formula is C65H57N5. The van der Waals surface area contributed by atoms with E-state index in [4.69, 9.17) is 9.10 Å². The zero-order valence-corrected chi connectivity index (χ0v) is 40.5. The molecule has 5 nitrogen and oxygen atoms in total. The molecule has 3 heterocycles. The van der Waals surface area contributed by atoms with Gasteiger partial charge in [0.25, 0.3) is 0 Å². The van der Waals surface area contributed by atoms with E-state index in [1.54, 1.807) is 38.2 Å². The number of nitrogens with zero attached hydrogens (tertiary/aromatic N) is 5. The van der Waals surface area contributed by atoms with E-state index in [9.17, 15) is 10.5 Å². The van der Waals surface area contributed by atoms with Crippen molar-refractivity contribution >= 4 is 0 Å². The monoisotopic (exact) mass is 910 g/mol. The maximum absolute atomic E-state index is 10.6. The predicted molar refractivity (Wildman–Crippen MR) is 287 cm³/mol. The highest BCUT2D eigenvalue weighted by Crippen LogP contribution is 2.42. The minimum absolute atomic E-state index is 0.271. The van der Waals surface area contributed by atoms with Gasteiger partial charge >= 0.3 is 0 Å². The molecule has 0 aliphatic heterocycles. The van der Waals surface area contributed by atoms with Crippen LogP contribution in [0, 0.1) is 28.1 Å². The molecule has 5 heteroatoms. The second-order valence-corrected chi connectivity index (χ2v) is 19.1. The lowest BCUT2D eigenvalue weighted by Gasteiger charge is -2.20. The van der Waals surface area contributed by atoms with Gasteiger partial charge < -0.3 is 0 Å². The average Bonchev–Trinajstić information content (AvgIpc) is 3.41. The molecular weight excluding hydrogens is 851 g/mol. The third kappa shape index (κ3) is 11.0. The molecule has 0 aliphatic carbocycles. The van der Waals surface area contributed by atoms with E-state index in [0.29, 0.717) is 22.4 Å². The Balaban J connectivity index is 1.15. The highest BCUT2D eigenvalue weighted by Gasteiger charge is 2.21. The maximum Gasteiger partial charge on any atom is 0.0995 e. The first-order valence-electron chi connectivity index (χ1n) is 25.4. The molecule has 6 aromatic carbocycles. The molecule has 9 rings (SSSR count). The average molecular weight is 911 g/mol. The lowest BCUT2D eigenvalue weighted by atomic mass is 9.84. The summed E-state index contributed by atoms with van der Waals surface area (Å²) in [6.45, 7) is 9.07. The number of hydrogen-bond donors (Lipinski definition) is 0. The van der Waals surface area contributed by atoms with Crippen LogP contribution in [0.4, 0.5) is 0 Å². The number of rotatable bonds is 14. The summed E-state index contributed by atoms with van der Waals surface area (Å²) in [4.78, 5) is 13.8. The predicted octanol–water partition coefficient (Wildman–Crippen LogP) is 15.9. The Kier molecular flexibility index (Phi) is 12.9. The fourth-order valence-corrected chi connectivity index (χ4v) is 9.29. The van der Waals surface area contributed by atoms with E-state index >= 15 is 0 Å². The summed E-state index contributed by atoms with van der Waals surface area (Å²) < 4.78 is 27.1. The third-order valence-electron chi connectivity index (χ3n) is 12.6. The van der Waals surface area contributed by atoms with Gasteiger partial charge in [-0.05, 0) is 165 Å². The quantitative estimate of drug-likeness (QED) is 0.108. The summed E-state index contributed by atoms with van der Waals surface area (Å²) in [6.07, 6.45) is 7.02. The van der Waals surface area contributed by atoms with Crippen LogP contribution in [0.5, 0.6) is 0 Å². The molecule has 9 aromatic rings. The van der Waals surface area contributed by atoms with Crippen molar-refractivity contribution < 1.29 is 4.11 Å². The van der Waals surface area contributed by atoms with Gasteiger partial charge in [0, 0.05) is 39.4 Å². The zero-order chi connectivity index (χ0) is 51.3. The topological polar surface area (TPSA) is 86.2 Å². The van der Waals surface area contributed by atoms with Gasteiger partial charge in [-0.1, -0.05) is 150 Å². The lowest BCUT2D eigenvalue weighted by molar-refractivity contribution is 0.411. The number of pyridine rings is 3. The van der Waals surface area contributed by atoms with Crippen molar-refractivity contribution in [2.24, 2.45) is 5.41 Å². The molecule has 0 N–H and O–H groups in total. The van der Waals surface area contributed by atoms with Crippen molar-refractivity contribution in [3.8, 4) is 79.3 Å². The van der Waals surface area contributed by atoms with Gasteiger partial charge in [0.05, 0.1) is 40.3 Å². The maximum atomic E-state index is 10.6. The Labute approximate surface area is 418 Å². The molecule has 0 radical (unpaired) electrons. The van der Waals surface area contributed by atoms with Crippen molar-refractivity contribution in [3.63, 3.8) is 0 Å². The Hall–Kier alpha value is -8.25. The molecule has 70 heavy (non-hydrogen) atoms. The molecule has 0 amide bonds. The smallest absolute Gasteiger partial charge is 0.0995 e. The van der Waals surface area contributed by atoms with E-state index < -0.39 is 17.7 Å². The van der Waals surface area contributed by atoms with Crippen molar-refractivity contribution in [3.05, 3.63) is 233 Å². The highest BCUT2D eigenvalue weighted by molar-refractivity contribution is 5.94. The Morgan fingerprint density at radius 2 is 0.929 bits per heavy atom. The second-order valence-electron chi connectivity index (χ2n) is 19.1. The van der Waals surface area contributed by atoms with Gasteiger partial charge in [0.1, 0.15) is 0 Å². The molecule has 0 saturated heterocycles. The molecule has 0 spiro atoms. The van der Waals surface area contributed by atoms with Gasteiger partial charge in [-0.3, -0.25) is 15.0 Å². The number of nitriles is 2. The molecule has 0 atom stereocenters. The van der Waals surface area contributed by atoms with Crippen LogP contribution in [0.3, 0.4) is 0 Å². The first kappa shape index (κ1) is 43.1. The summed E-state index contributed by atoms with van der Waals surface area (Å²) >= 11 is 0.